The van der Waals surface area contributed by atoms with Crippen LogP contribution >= 0.6 is 22.9 Å². The van der Waals surface area contributed by atoms with Crippen molar-refractivity contribution < 1.29 is 33.5 Å². The van der Waals surface area contributed by atoms with Gasteiger partial charge in [0.2, 0.25) is 29.6 Å². The molecule has 2 aromatic carbocycles. The van der Waals surface area contributed by atoms with Crippen LogP contribution in [0.3, 0.4) is 0 Å². The summed E-state index contributed by atoms with van der Waals surface area (Å²) in [6.45, 7) is 4.38. The lowest BCUT2D eigenvalue weighted by atomic mass is 10.0. The van der Waals surface area contributed by atoms with Crippen molar-refractivity contribution in [2.24, 2.45) is 0 Å². The van der Waals surface area contributed by atoms with Crippen LogP contribution in [0.4, 0.5) is 28.8 Å². The van der Waals surface area contributed by atoms with E-state index in [1.54, 1.807) is 65.4 Å². The largest absolute Gasteiger partial charge is 0.495 e. The van der Waals surface area contributed by atoms with Crippen molar-refractivity contribution in [1.82, 2.24) is 45.8 Å². The second kappa shape index (κ2) is 20.0. The Kier molecular flexibility index (Phi) is 13.8. The molecule has 0 saturated carbocycles. The average Bonchev–Trinajstić information content (AvgIpc) is 4.04. The Hall–Kier alpha value is -6.97. The maximum atomic E-state index is 13.3. The van der Waals surface area contributed by atoms with E-state index in [-0.39, 0.29) is 67.8 Å². The van der Waals surface area contributed by atoms with Crippen LogP contribution in [0.5, 0.6) is 5.75 Å². The Morgan fingerprint density at radius 3 is 2.68 bits per heavy atom. The number of nitrogens with zero attached hydrogens (tertiary/aromatic N) is 8. The molecule has 0 bridgehead atoms. The Morgan fingerprint density at radius 2 is 1.91 bits per heavy atom. The van der Waals surface area contributed by atoms with E-state index in [4.69, 9.17) is 21.3 Å². The number of carbonyl (C=O) groups is 6. The van der Waals surface area contributed by atoms with Gasteiger partial charge in [-0.1, -0.05) is 29.8 Å². The number of halogens is 1. The molecule has 1 saturated heterocycles. The number of piperidine rings is 1. The summed E-state index contributed by atoms with van der Waals surface area (Å²) in [5.74, 6) is -0.443. The Labute approximate surface area is 388 Å². The van der Waals surface area contributed by atoms with E-state index in [1.165, 1.54) is 23.3 Å². The number of benzene rings is 2. The summed E-state index contributed by atoms with van der Waals surface area (Å²) in [6, 6.07) is 12.7. The molecular formula is C44H48ClN13O7S. The number of imide groups is 1. The standard InChI is InChI=1S/C44H48ClN13O7S/c1-4-32-43(64)55(2)34-21-48-44(52-39(34)57(32)23-27-11-14-36(45)66-27)50-31-12-10-25(19-35(31)65-3)40(61)47-20-26-22-56(54-53-26)18-17-46-16-6-9-37(59)49-30-8-5-7-28-29(30)24-58(42(28)63)33-13-15-38(60)51-41(33)62/h5,7-8,10-12,14,19,21-22,32-33,46H,4,6,9,13,15-18,20,23-24H2,1-3H3,(H,47,61)(H,49,59)(H,48,50,52)(H,51,60,62)/t32-,33?/m1/s1. The number of carbonyl (C=O) groups excluding carboxylic acids is 6. The van der Waals surface area contributed by atoms with Gasteiger partial charge in [-0.05, 0) is 68.3 Å². The lowest BCUT2D eigenvalue weighted by Gasteiger charge is -2.40. The van der Waals surface area contributed by atoms with Crippen LogP contribution in [0.2, 0.25) is 4.34 Å². The van der Waals surface area contributed by atoms with Gasteiger partial charge in [0.25, 0.3) is 11.8 Å². The number of aromatic nitrogens is 5. The summed E-state index contributed by atoms with van der Waals surface area (Å²) in [6.07, 6.45) is 5.17. The fourth-order valence-electron chi connectivity index (χ4n) is 8.15. The zero-order valence-corrected chi connectivity index (χ0v) is 38.0. The molecule has 3 aliphatic heterocycles. The van der Waals surface area contributed by atoms with Gasteiger partial charge in [-0.3, -0.25) is 38.8 Å². The lowest BCUT2D eigenvalue weighted by molar-refractivity contribution is -0.137. The Balaban J connectivity index is 0.778. The van der Waals surface area contributed by atoms with Gasteiger partial charge in [-0.15, -0.1) is 16.4 Å². The van der Waals surface area contributed by atoms with Gasteiger partial charge in [0.1, 0.15) is 29.2 Å². The van der Waals surface area contributed by atoms with Gasteiger partial charge in [-0.25, -0.2) is 4.98 Å². The van der Waals surface area contributed by atoms with Crippen molar-refractivity contribution in [1.29, 1.82) is 0 Å². The molecule has 5 N–H and O–H groups in total. The smallest absolute Gasteiger partial charge is 0.255 e. The van der Waals surface area contributed by atoms with Gasteiger partial charge >= 0.3 is 0 Å². The van der Waals surface area contributed by atoms with Crippen molar-refractivity contribution >= 4 is 87.2 Å². The second-order valence-corrected chi connectivity index (χ2v) is 17.7. The highest BCUT2D eigenvalue weighted by Crippen LogP contribution is 2.38. The minimum atomic E-state index is -0.735. The van der Waals surface area contributed by atoms with E-state index in [9.17, 15) is 28.8 Å². The molecule has 0 spiro atoms. The molecule has 8 rings (SSSR count). The minimum absolute atomic E-state index is 0.0431. The van der Waals surface area contributed by atoms with E-state index in [1.807, 2.05) is 24.0 Å². The third-order valence-electron chi connectivity index (χ3n) is 11.6. The van der Waals surface area contributed by atoms with Crippen molar-refractivity contribution in [3.63, 3.8) is 0 Å². The Bertz CT molecular complexity index is 2690. The first-order valence-corrected chi connectivity index (χ1v) is 22.6. The number of methoxy groups -OCH3 is 1. The van der Waals surface area contributed by atoms with Crippen LogP contribution in [-0.2, 0) is 45.4 Å². The first-order chi connectivity index (χ1) is 31.9. The van der Waals surface area contributed by atoms with Gasteiger partial charge in [0.15, 0.2) is 5.82 Å². The van der Waals surface area contributed by atoms with Crippen molar-refractivity contribution in [3.05, 3.63) is 92.5 Å². The quantitative estimate of drug-likeness (QED) is 0.0617. The molecule has 3 aliphatic rings. The molecule has 20 nitrogen and oxygen atoms in total. The number of nitrogens with one attached hydrogen (secondary N) is 5. The van der Waals surface area contributed by atoms with Crippen molar-refractivity contribution in [3.8, 4) is 5.75 Å². The second-order valence-electron chi connectivity index (χ2n) is 15.9. The van der Waals surface area contributed by atoms with E-state index in [0.29, 0.717) is 94.4 Å². The maximum absolute atomic E-state index is 13.3. The molecule has 1 fully saturated rings. The van der Waals surface area contributed by atoms with E-state index in [0.717, 1.165) is 4.88 Å². The first kappa shape index (κ1) is 45.6. The zero-order chi connectivity index (χ0) is 46.5. The van der Waals surface area contributed by atoms with E-state index >= 15 is 0 Å². The molecule has 3 aromatic heterocycles. The SMILES string of the molecule is CC[C@@H]1C(=O)N(C)c2cnc(Nc3ccc(C(=O)NCc4cn(CCNCCCC(=O)Nc5cccc6c5CN(C5CCC(=O)NC5=O)C6=O)nn4)cc3OC)nc2N1Cc1ccc(Cl)s1. The third-order valence-corrected chi connectivity index (χ3v) is 12.8. The lowest BCUT2D eigenvalue weighted by Crippen LogP contribution is -2.52. The first-order valence-electron chi connectivity index (χ1n) is 21.5. The summed E-state index contributed by atoms with van der Waals surface area (Å²) in [4.78, 5) is 91.8. The number of fused-ring (bicyclic) bond motifs is 2. The van der Waals surface area contributed by atoms with Gasteiger partial charge < -0.3 is 40.7 Å². The number of amides is 6. The van der Waals surface area contributed by atoms with Crippen LogP contribution < -0.4 is 41.1 Å². The molecule has 1 unspecified atom stereocenters. The third kappa shape index (κ3) is 9.97. The predicted molar refractivity (Wildman–Crippen MR) is 246 cm³/mol. The maximum Gasteiger partial charge on any atom is 0.255 e. The normalized spacial score (nSPS) is 16.8. The number of anilines is 5. The van der Waals surface area contributed by atoms with Gasteiger partial charge in [-0.2, -0.15) is 4.98 Å². The fraction of sp³-hybridized carbons (Fsp3) is 0.364. The summed E-state index contributed by atoms with van der Waals surface area (Å²) in [7, 11) is 3.22. The number of thiophene rings is 1. The minimum Gasteiger partial charge on any atom is -0.495 e. The van der Waals surface area contributed by atoms with Gasteiger partial charge in [0, 0.05) is 60.2 Å². The van der Waals surface area contributed by atoms with Crippen LogP contribution in [0.25, 0.3) is 0 Å². The average molecular weight is 938 g/mol. The summed E-state index contributed by atoms with van der Waals surface area (Å²) < 4.78 is 7.97. The van der Waals surface area contributed by atoms with Crippen LogP contribution in [0.15, 0.2) is 60.9 Å². The van der Waals surface area contributed by atoms with Crippen LogP contribution in [-0.4, -0.2) is 105 Å². The van der Waals surface area contributed by atoms with Crippen LogP contribution in [0.1, 0.15) is 75.9 Å². The molecule has 0 aliphatic carbocycles. The highest BCUT2D eigenvalue weighted by atomic mass is 35.5. The molecule has 344 valence electrons. The number of hydrogen-bond donors (Lipinski definition) is 5. The van der Waals surface area contributed by atoms with Gasteiger partial charge in [0.05, 0.1) is 49.2 Å². The van der Waals surface area contributed by atoms with Crippen molar-refractivity contribution in [2.75, 3.05) is 47.7 Å². The zero-order valence-electron chi connectivity index (χ0n) is 36.4. The van der Waals surface area contributed by atoms with E-state index in [2.05, 4.69) is 41.9 Å². The Morgan fingerprint density at radius 1 is 1.06 bits per heavy atom. The summed E-state index contributed by atoms with van der Waals surface area (Å²) in [5.41, 5.74) is 3.66. The number of rotatable bonds is 18. The van der Waals surface area contributed by atoms with Crippen molar-refractivity contribution in [2.45, 2.75) is 77.3 Å². The molecule has 2 atom stereocenters. The monoisotopic (exact) mass is 937 g/mol. The topological polar surface area (TPSA) is 238 Å². The predicted octanol–water partition coefficient (Wildman–Crippen LogP) is 4.00. The highest BCUT2D eigenvalue weighted by Gasteiger charge is 2.40. The summed E-state index contributed by atoms with van der Waals surface area (Å²) in [5, 5.41) is 22.9. The summed E-state index contributed by atoms with van der Waals surface area (Å²) >= 11 is 7.67. The number of hydrogen-bond acceptors (Lipinski definition) is 15. The highest BCUT2D eigenvalue weighted by molar-refractivity contribution is 7.16. The fourth-order valence-corrected chi connectivity index (χ4v) is 9.23. The van der Waals surface area contributed by atoms with E-state index < -0.39 is 18.0 Å². The number of likely N-dealkylation sites (N-methyl/N-ethyl adjacent to an activating group) is 1. The molecular weight excluding hydrogens is 890 g/mol. The number of ether oxygens (including phenoxy) is 1. The molecule has 6 heterocycles. The molecule has 66 heavy (non-hydrogen) atoms. The molecule has 6 amide bonds. The molecule has 0 radical (unpaired) electrons. The van der Waals surface area contributed by atoms with Crippen LogP contribution in [0, 0.1) is 0 Å². The molecule has 5 aromatic rings. The molecule has 22 heteroatoms.